The number of rotatable bonds is 2. The number of alkyl halides is 1. The molecule has 0 N–H and O–H groups in total. The standard InChI is InChI=1S/C12H17ClN2O/c1-12(2)9-15(8-11(7-13)16-12)10-3-5-14-6-4-10/h3-6,11H,7-9H2,1-2H3. The van der Waals surface area contributed by atoms with Crippen LogP contribution < -0.4 is 4.90 Å². The van der Waals surface area contributed by atoms with Crippen molar-refractivity contribution < 1.29 is 4.74 Å². The van der Waals surface area contributed by atoms with Gasteiger partial charge in [-0.3, -0.25) is 4.98 Å². The van der Waals surface area contributed by atoms with Gasteiger partial charge in [0.15, 0.2) is 0 Å². The fourth-order valence-electron chi connectivity index (χ4n) is 2.13. The predicted octanol–water partition coefficient (Wildman–Crippen LogP) is 2.30. The number of nitrogens with zero attached hydrogens (tertiary/aromatic N) is 2. The van der Waals surface area contributed by atoms with Gasteiger partial charge in [-0.25, -0.2) is 0 Å². The minimum Gasteiger partial charge on any atom is -0.367 e. The van der Waals surface area contributed by atoms with Gasteiger partial charge in [-0.2, -0.15) is 0 Å². The summed E-state index contributed by atoms with van der Waals surface area (Å²) in [6, 6.07) is 4.04. The third-order valence-electron chi connectivity index (χ3n) is 2.68. The van der Waals surface area contributed by atoms with Crippen LogP contribution in [0.25, 0.3) is 0 Å². The normalized spacial score (nSPS) is 24.4. The van der Waals surface area contributed by atoms with Crippen LogP contribution in [0, 0.1) is 0 Å². The van der Waals surface area contributed by atoms with E-state index in [4.69, 9.17) is 16.3 Å². The molecule has 0 radical (unpaired) electrons. The number of halogens is 1. The zero-order valence-electron chi connectivity index (χ0n) is 9.69. The van der Waals surface area contributed by atoms with E-state index in [0.717, 1.165) is 13.1 Å². The molecule has 0 aliphatic carbocycles. The summed E-state index contributed by atoms with van der Waals surface area (Å²) in [5.74, 6) is 0.533. The molecule has 1 atom stereocenters. The Kier molecular flexibility index (Phi) is 3.36. The lowest BCUT2D eigenvalue weighted by atomic mass is 10.1. The van der Waals surface area contributed by atoms with Crippen molar-refractivity contribution in [2.24, 2.45) is 0 Å². The Morgan fingerprint density at radius 2 is 2.19 bits per heavy atom. The van der Waals surface area contributed by atoms with E-state index >= 15 is 0 Å². The van der Waals surface area contributed by atoms with Crippen molar-refractivity contribution in [3.63, 3.8) is 0 Å². The highest BCUT2D eigenvalue weighted by atomic mass is 35.5. The molecule has 88 valence electrons. The number of hydrogen-bond donors (Lipinski definition) is 0. The molecule has 1 fully saturated rings. The maximum absolute atomic E-state index is 5.90. The van der Waals surface area contributed by atoms with E-state index in [9.17, 15) is 0 Å². The molecule has 2 heterocycles. The summed E-state index contributed by atoms with van der Waals surface area (Å²) in [5.41, 5.74) is 1.03. The maximum Gasteiger partial charge on any atom is 0.0893 e. The third-order valence-corrected chi connectivity index (χ3v) is 3.03. The van der Waals surface area contributed by atoms with Crippen LogP contribution in [0.2, 0.25) is 0 Å². The predicted molar refractivity (Wildman–Crippen MR) is 66.1 cm³/mol. The van der Waals surface area contributed by atoms with E-state index in [0.29, 0.717) is 5.88 Å². The average Bonchev–Trinajstić information content (AvgIpc) is 2.28. The number of hydrogen-bond acceptors (Lipinski definition) is 3. The lowest BCUT2D eigenvalue weighted by Gasteiger charge is -2.43. The molecule has 1 aliphatic rings. The quantitative estimate of drug-likeness (QED) is 0.742. The molecule has 0 bridgehead atoms. The number of aromatic nitrogens is 1. The Balaban J connectivity index is 2.16. The zero-order chi connectivity index (χ0) is 11.6. The Hall–Kier alpha value is -0.800. The topological polar surface area (TPSA) is 25.4 Å². The van der Waals surface area contributed by atoms with Gasteiger partial charge in [0.05, 0.1) is 17.6 Å². The second-order valence-corrected chi connectivity index (χ2v) is 5.05. The minimum atomic E-state index is -0.152. The molecule has 0 saturated carbocycles. The Bertz CT molecular complexity index is 342. The first-order chi connectivity index (χ1) is 7.61. The summed E-state index contributed by atoms with van der Waals surface area (Å²) in [4.78, 5) is 6.34. The second kappa shape index (κ2) is 4.60. The van der Waals surface area contributed by atoms with Gasteiger partial charge in [-0.1, -0.05) is 0 Å². The number of anilines is 1. The number of morpholine rings is 1. The van der Waals surface area contributed by atoms with Gasteiger partial charge in [0.1, 0.15) is 0 Å². The number of ether oxygens (including phenoxy) is 1. The van der Waals surface area contributed by atoms with Crippen LogP contribution in [0.3, 0.4) is 0 Å². The van der Waals surface area contributed by atoms with E-state index in [1.165, 1.54) is 5.69 Å². The third kappa shape index (κ3) is 2.66. The highest BCUT2D eigenvalue weighted by molar-refractivity contribution is 6.18. The summed E-state index contributed by atoms with van der Waals surface area (Å²) in [5, 5.41) is 0. The van der Waals surface area contributed by atoms with E-state index in [1.54, 1.807) is 0 Å². The fraction of sp³-hybridized carbons (Fsp3) is 0.583. The minimum absolute atomic E-state index is 0.0959. The SMILES string of the molecule is CC1(C)CN(c2ccncc2)CC(CCl)O1. The fourth-order valence-corrected chi connectivity index (χ4v) is 2.29. The molecule has 2 rings (SSSR count). The summed E-state index contributed by atoms with van der Waals surface area (Å²) in [7, 11) is 0. The monoisotopic (exact) mass is 240 g/mol. The van der Waals surface area contributed by atoms with Crippen LogP contribution in [0.15, 0.2) is 24.5 Å². The van der Waals surface area contributed by atoms with Crippen LogP contribution in [-0.4, -0.2) is 35.7 Å². The first kappa shape index (κ1) is 11.7. The highest BCUT2D eigenvalue weighted by Gasteiger charge is 2.32. The number of pyridine rings is 1. The molecule has 0 spiro atoms. The van der Waals surface area contributed by atoms with Crippen molar-refractivity contribution in [3.8, 4) is 0 Å². The van der Waals surface area contributed by atoms with Crippen molar-refractivity contribution in [3.05, 3.63) is 24.5 Å². The van der Waals surface area contributed by atoms with Crippen LogP contribution in [0.4, 0.5) is 5.69 Å². The molecule has 16 heavy (non-hydrogen) atoms. The summed E-state index contributed by atoms with van der Waals surface area (Å²) < 4.78 is 5.89. The Labute approximate surface area is 101 Å². The molecule has 4 heteroatoms. The van der Waals surface area contributed by atoms with Crippen molar-refractivity contribution in [1.29, 1.82) is 0 Å². The lowest BCUT2D eigenvalue weighted by Crippen LogP contribution is -2.53. The van der Waals surface area contributed by atoms with Crippen molar-refractivity contribution >= 4 is 17.3 Å². The summed E-state index contributed by atoms with van der Waals surface area (Å²) in [6.07, 6.45) is 3.72. The smallest absolute Gasteiger partial charge is 0.0893 e. The Morgan fingerprint density at radius 3 is 2.81 bits per heavy atom. The van der Waals surface area contributed by atoms with Crippen molar-refractivity contribution in [2.45, 2.75) is 25.6 Å². The molecule has 1 aliphatic heterocycles. The van der Waals surface area contributed by atoms with Crippen molar-refractivity contribution in [1.82, 2.24) is 4.98 Å². The molecule has 0 amide bonds. The van der Waals surface area contributed by atoms with E-state index < -0.39 is 0 Å². The van der Waals surface area contributed by atoms with Gasteiger partial charge in [0.25, 0.3) is 0 Å². The van der Waals surface area contributed by atoms with Gasteiger partial charge >= 0.3 is 0 Å². The largest absolute Gasteiger partial charge is 0.367 e. The maximum atomic E-state index is 5.90. The van der Waals surface area contributed by atoms with Gasteiger partial charge in [0, 0.05) is 31.2 Å². The molecule has 1 aromatic heterocycles. The molecular formula is C12H17ClN2O. The van der Waals surface area contributed by atoms with E-state index in [1.807, 2.05) is 24.5 Å². The second-order valence-electron chi connectivity index (χ2n) is 4.74. The molecule has 3 nitrogen and oxygen atoms in total. The van der Waals surface area contributed by atoms with Gasteiger partial charge in [-0.15, -0.1) is 11.6 Å². The van der Waals surface area contributed by atoms with Gasteiger partial charge in [-0.05, 0) is 26.0 Å². The Morgan fingerprint density at radius 1 is 1.50 bits per heavy atom. The first-order valence-corrected chi connectivity index (χ1v) is 6.03. The van der Waals surface area contributed by atoms with Gasteiger partial charge < -0.3 is 9.64 Å². The summed E-state index contributed by atoms with van der Waals surface area (Å²) in [6.45, 7) is 5.92. The molecular weight excluding hydrogens is 224 g/mol. The van der Waals surface area contributed by atoms with E-state index in [2.05, 4.69) is 23.7 Å². The van der Waals surface area contributed by atoms with Crippen LogP contribution >= 0.6 is 11.6 Å². The van der Waals surface area contributed by atoms with E-state index in [-0.39, 0.29) is 11.7 Å². The van der Waals surface area contributed by atoms with Crippen LogP contribution in [-0.2, 0) is 4.74 Å². The molecule has 1 saturated heterocycles. The summed E-state index contributed by atoms with van der Waals surface area (Å²) >= 11 is 5.90. The lowest BCUT2D eigenvalue weighted by molar-refractivity contribution is -0.0734. The average molecular weight is 241 g/mol. The molecule has 1 unspecified atom stereocenters. The van der Waals surface area contributed by atoms with Gasteiger partial charge in [0.2, 0.25) is 0 Å². The highest BCUT2D eigenvalue weighted by Crippen LogP contribution is 2.25. The molecule has 1 aromatic rings. The first-order valence-electron chi connectivity index (χ1n) is 5.49. The van der Waals surface area contributed by atoms with Crippen LogP contribution in [0.5, 0.6) is 0 Å². The molecule has 0 aromatic carbocycles. The van der Waals surface area contributed by atoms with Crippen molar-refractivity contribution in [2.75, 3.05) is 23.9 Å². The van der Waals surface area contributed by atoms with Crippen LogP contribution in [0.1, 0.15) is 13.8 Å². The zero-order valence-corrected chi connectivity index (χ0v) is 10.4.